The van der Waals surface area contributed by atoms with Crippen LogP contribution in [0.2, 0.25) is 0 Å². The molecule has 0 aromatic heterocycles. The number of halogens is 3. The molecule has 2 nitrogen and oxygen atoms in total. The molecule has 0 saturated carbocycles. The molecule has 0 saturated heterocycles. The molecule has 1 rings (SSSR count). The second-order valence-corrected chi connectivity index (χ2v) is 5.88. The first-order chi connectivity index (χ1) is 8.71. The van der Waals surface area contributed by atoms with Crippen LogP contribution in [0.4, 0.5) is 13.2 Å². The van der Waals surface area contributed by atoms with E-state index in [0.29, 0.717) is 18.7 Å². The van der Waals surface area contributed by atoms with E-state index in [0.717, 1.165) is 18.7 Å². The van der Waals surface area contributed by atoms with Crippen LogP contribution >= 0.6 is 0 Å². The predicted molar refractivity (Wildman–Crippen MR) is 70.4 cm³/mol. The molecule has 0 heterocycles. The van der Waals surface area contributed by atoms with Gasteiger partial charge in [0, 0.05) is 19.6 Å². The molecule has 0 spiro atoms. The van der Waals surface area contributed by atoms with Gasteiger partial charge in [-0.15, -0.1) is 0 Å². The van der Waals surface area contributed by atoms with Gasteiger partial charge in [0.2, 0.25) is 0 Å². The summed E-state index contributed by atoms with van der Waals surface area (Å²) in [5.74, 6) is -3.72. The second kappa shape index (κ2) is 6.39. The van der Waals surface area contributed by atoms with E-state index in [1.54, 1.807) is 0 Å². The lowest BCUT2D eigenvalue weighted by Gasteiger charge is -2.28. The lowest BCUT2D eigenvalue weighted by molar-refractivity contribution is 0.232. The molecule has 0 aliphatic rings. The SMILES string of the molecule is CN(C)CC(C)(C)CNCc1cc(F)c(F)c(F)c1. The molecule has 0 aliphatic carbocycles. The van der Waals surface area contributed by atoms with E-state index in [-0.39, 0.29) is 5.41 Å². The molecule has 0 radical (unpaired) electrons. The van der Waals surface area contributed by atoms with Gasteiger partial charge in [0.05, 0.1) is 0 Å². The van der Waals surface area contributed by atoms with Crippen molar-refractivity contribution in [2.75, 3.05) is 27.2 Å². The number of nitrogens with one attached hydrogen (secondary N) is 1. The Morgan fingerprint density at radius 1 is 1.11 bits per heavy atom. The highest BCUT2D eigenvalue weighted by atomic mass is 19.2. The highest BCUT2D eigenvalue weighted by Crippen LogP contribution is 2.16. The fourth-order valence-electron chi connectivity index (χ4n) is 2.17. The van der Waals surface area contributed by atoms with Crippen molar-refractivity contribution in [3.05, 3.63) is 35.1 Å². The Hall–Kier alpha value is -1.07. The van der Waals surface area contributed by atoms with E-state index in [2.05, 4.69) is 24.1 Å². The van der Waals surface area contributed by atoms with Gasteiger partial charge < -0.3 is 10.2 Å². The smallest absolute Gasteiger partial charge is 0.194 e. The minimum absolute atomic E-state index is 0.0423. The van der Waals surface area contributed by atoms with Crippen molar-refractivity contribution >= 4 is 0 Å². The summed E-state index contributed by atoms with van der Waals surface area (Å²) in [6.07, 6.45) is 0. The lowest BCUT2D eigenvalue weighted by Crippen LogP contribution is -2.37. The van der Waals surface area contributed by atoms with Gasteiger partial charge >= 0.3 is 0 Å². The van der Waals surface area contributed by atoms with Crippen molar-refractivity contribution in [3.8, 4) is 0 Å². The van der Waals surface area contributed by atoms with Gasteiger partial charge in [0.15, 0.2) is 17.5 Å². The molecule has 0 bridgehead atoms. The van der Waals surface area contributed by atoms with E-state index >= 15 is 0 Å². The number of hydrogen-bond donors (Lipinski definition) is 1. The zero-order valence-corrected chi connectivity index (χ0v) is 11.9. The van der Waals surface area contributed by atoms with Gasteiger partial charge in [-0.05, 0) is 37.2 Å². The van der Waals surface area contributed by atoms with E-state index in [1.807, 2.05) is 14.1 Å². The standard InChI is InChI=1S/C14H21F3N2/c1-14(2,9-19(3)4)8-18-7-10-5-11(15)13(17)12(16)6-10/h5-6,18H,7-9H2,1-4H3. The summed E-state index contributed by atoms with van der Waals surface area (Å²) in [7, 11) is 3.99. The van der Waals surface area contributed by atoms with E-state index < -0.39 is 17.5 Å². The van der Waals surface area contributed by atoms with Crippen molar-refractivity contribution in [2.45, 2.75) is 20.4 Å². The summed E-state index contributed by atoms with van der Waals surface area (Å²) in [6.45, 7) is 6.11. The summed E-state index contributed by atoms with van der Waals surface area (Å²) in [5, 5.41) is 3.14. The Morgan fingerprint density at radius 3 is 2.11 bits per heavy atom. The minimum Gasteiger partial charge on any atom is -0.312 e. The van der Waals surface area contributed by atoms with Crippen molar-refractivity contribution in [1.82, 2.24) is 10.2 Å². The molecule has 1 aromatic carbocycles. The van der Waals surface area contributed by atoms with Gasteiger partial charge in [-0.3, -0.25) is 0 Å². The maximum atomic E-state index is 13.0. The zero-order chi connectivity index (χ0) is 14.6. The third-order valence-electron chi connectivity index (χ3n) is 2.72. The molecule has 0 amide bonds. The molecule has 0 unspecified atom stereocenters. The first-order valence-corrected chi connectivity index (χ1v) is 6.20. The highest BCUT2D eigenvalue weighted by molar-refractivity contribution is 5.19. The predicted octanol–water partition coefficient (Wildman–Crippen LogP) is 2.78. The lowest BCUT2D eigenvalue weighted by atomic mass is 9.93. The Balaban J connectivity index is 2.54. The van der Waals surface area contributed by atoms with Crippen LogP contribution in [-0.2, 0) is 6.54 Å². The summed E-state index contributed by atoms with van der Waals surface area (Å²) in [5.41, 5.74) is 0.442. The first-order valence-electron chi connectivity index (χ1n) is 6.20. The monoisotopic (exact) mass is 274 g/mol. The molecular formula is C14H21F3N2. The maximum Gasteiger partial charge on any atom is 0.194 e. The van der Waals surface area contributed by atoms with Crippen LogP contribution < -0.4 is 5.32 Å². The van der Waals surface area contributed by atoms with Gasteiger partial charge in [-0.25, -0.2) is 13.2 Å². The fraction of sp³-hybridized carbons (Fsp3) is 0.571. The van der Waals surface area contributed by atoms with Crippen molar-refractivity contribution in [3.63, 3.8) is 0 Å². The van der Waals surface area contributed by atoms with Crippen LogP contribution in [0, 0.1) is 22.9 Å². The van der Waals surface area contributed by atoms with Crippen LogP contribution in [0.15, 0.2) is 12.1 Å². The molecule has 0 aliphatic heterocycles. The van der Waals surface area contributed by atoms with Crippen LogP contribution in [0.25, 0.3) is 0 Å². The second-order valence-electron chi connectivity index (χ2n) is 5.88. The van der Waals surface area contributed by atoms with Gasteiger partial charge in [-0.1, -0.05) is 13.8 Å². The minimum atomic E-state index is -1.42. The van der Waals surface area contributed by atoms with Gasteiger partial charge in [0.1, 0.15) is 0 Å². The summed E-state index contributed by atoms with van der Waals surface area (Å²) in [6, 6.07) is 2.04. The molecule has 5 heteroatoms. The van der Waals surface area contributed by atoms with Crippen molar-refractivity contribution in [1.29, 1.82) is 0 Å². The molecule has 108 valence electrons. The third-order valence-corrected chi connectivity index (χ3v) is 2.72. The Labute approximate surface area is 112 Å². The number of rotatable bonds is 6. The Bertz CT molecular complexity index is 408. The molecular weight excluding hydrogens is 253 g/mol. The van der Waals surface area contributed by atoms with Crippen LogP contribution in [-0.4, -0.2) is 32.1 Å². The van der Waals surface area contributed by atoms with Crippen LogP contribution in [0.3, 0.4) is 0 Å². The topological polar surface area (TPSA) is 15.3 Å². The first kappa shape index (κ1) is 16.0. The average Bonchev–Trinajstić information content (AvgIpc) is 2.23. The summed E-state index contributed by atoms with van der Waals surface area (Å²) >= 11 is 0. The number of nitrogens with zero attached hydrogens (tertiary/aromatic N) is 1. The number of hydrogen-bond acceptors (Lipinski definition) is 2. The Kier molecular flexibility index (Phi) is 5.38. The third kappa shape index (κ3) is 5.20. The Morgan fingerprint density at radius 2 is 1.63 bits per heavy atom. The van der Waals surface area contributed by atoms with E-state index in [9.17, 15) is 13.2 Å². The van der Waals surface area contributed by atoms with Gasteiger partial charge in [-0.2, -0.15) is 0 Å². The summed E-state index contributed by atoms with van der Waals surface area (Å²) in [4.78, 5) is 2.08. The van der Waals surface area contributed by atoms with E-state index in [4.69, 9.17) is 0 Å². The van der Waals surface area contributed by atoms with Crippen molar-refractivity contribution < 1.29 is 13.2 Å². The molecule has 0 atom stereocenters. The van der Waals surface area contributed by atoms with Gasteiger partial charge in [0.25, 0.3) is 0 Å². The summed E-state index contributed by atoms with van der Waals surface area (Å²) < 4.78 is 38.8. The molecule has 19 heavy (non-hydrogen) atoms. The van der Waals surface area contributed by atoms with Crippen molar-refractivity contribution in [2.24, 2.45) is 5.41 Å². The van der Waals surface area contributed by atoms with E-state index in [1.165, 1.54) is 0 Å². The quantitative estimate of drug-likeness (QED) is 0.802. The normalized spacial score (nSPS) is 12.2. The fourth-order valence-corrected chi connectivity index (χ4v) is 2.17. The molecule has 1 aromatic rings. The molecule has 1 N–H and O–H groups in total. The average molecular weight is 274 g/mol. The zero-order valence-electron chi connectivity index (χ0n) is 11.9. The van der Waals surface area contributed by atoms with Crippen LogP contribution in [0.5, 0.6) is 0 Å². The highest BCUT2D eigenvalue weighted by Gasteiger charge is 2.18. The van der Waals surface area contributed by atoms with Crippen LogP contribution in [0.1, 0.15) is 19.4 Å². The number of benzene rings is 1. The maximum absolute atomic E-state index is 13.0. The largest absolute Gasteiger partial charge is 0.312 e. The molecule has 0 fully saturated rings.